The first-order valence-electron chi connectivity index (χ1n) is 8.57. The number of sulfonamides is 1. The molecule has 9 heteroatoms. The number of ether oxygens (including phenoxy) is 1. The summed E-state index contributed by atoms with van der Waals surface area (Å²) >= 11 is 5.81. The van der Waals surface area contributed by atoms with Gasteiger partial charge in [0.15, 0.2) is 0 Å². The summed E-state index contributed by atoms with van der Waals surface area (Å²) in [6.07, 6.45) is 3.28. The average molecular weight is 432 g/mol. The van der Waals surface area contributed by atoms with Crippen LogP contribution in [0.25, 0.3) is 0 Å². The van der Waals surface area contributed by atoms with Crippen molar-refractivity contribution in [3.05, 3.63) is 83.6 Å². The predicted octanol–water partition coefficient (Wildman–Crippen LogP) is 3.69. The van der Waals surface area contributed by atoms with Crippen LogP contribution < -0.4 is 10.0 Å². The molecular weight excluding hydrogens is 414 g/mol. The van der Waals surface area contributed by atoms with E-state index in [2.05, 4.69) is 15.0 Å². The molecular formula is C20H18ClN3O4S. The number of amides is 1. The molecule has 0 unspecified atom stereocenters. The van der Waals surface area contributed by atoms with Crippen molar-refractivity contribution in [1.82, 2.24) is 4.98 Å². The summed E-state index contributed by atoms with van der Waals surface area (Å²) in [5, 5.41) is 3.13. The number of aromatic nitrogens is 1. The summed E-state index contributed by atoms with van der Waals surface area (Å²) in [4.78, 5) is 16.0. The van der Waals surface area contributed by atoms with Gasteiger partial charge in [0.2, 0.25) is 5.91 Å². The summed E-state index contributed by atoms with van der Waals surface area (Å²) < 4.78 is 33.0. The van der Waals surface area contributed by atoms with E-state index in [0.29, 0.717) is 16.4 Å². The number of halogens is 1. The van der Waals surface area contributed by atoms with E-state index in [9.17, 15) is 13.2 Å². The van der Waals surface area contributed by atoms with Crippen LogP contribution in [0.4, 0.5) is 11.4 Å². The summed E-state index contributed by atoms with van der Waals surface area (Å²) in [6, 6.07) is 15.8. The lowest BCUT2D eigenvalue weighted by atomic mass is 10.3. The lowest BCUT2D eigenvalue weighted by molar-refractivity contribution is -0.121. The second-order valence-corrected chi connectivity index (χ2v) is 8.16. The molecule has 0 aliphatic carbocycles. The van der Waals surface area contributed by atoms with E-state index < -0.39 is 10.0 Å². The lowest BCUT2D eigenvalue weighted by Crippen LogP contribution is -2.19. The monoisotopic (exact) mass is 431 g/mol. The molecule has 7 nitrogen and oxygen atoms in total. The highest BCUT2D eigenvalue weighted by Gasteiger charge is 2.15. The largest absolute Gasteiger partial charge is 0.367 e. The lowest BCUT2D eigenvalue weighted by Gasteiger charge is -2.10. The standard InChI is InChI=1S/C20H18ClN3O4S/c21-16-4-6-17(7-5-16)24-29(26,27)19-3-1-2-18(12-19)23-20(25)14-28-13-15-8-10-22-11-9-15/h1-12,24H,13-14H2,(H,23,25). The number of nitrogens with one attached hydrogen (secondary N) is 2. The Hall–Kier alpha value is -2.94. The van der Waals surface area contributed by atoms with E-state index in [1.165, 1.54) is 12.1 Å². The molecule has 29 heavy (non-hydrogen) atoms. The number of carbonyl (C=O) groups excluding carboxylic acids is 1. The van der Waals surface area contributed by atoms with Crippen molar-refractivity contribution in [1.29, 1.82) is 0 Å². The number of carbonyl (C=O) groups is 1. The second-order valence-electron chi connectivity index (χ2n) is 6.04. The van der Waals surface area contributed by atoms with Crippen LogP contribution in [0.5, 0.6) is 0 Å². The van der Waals surface area contributed by atoms with Gasteiger partial charge in [0, 0.05) is 28.8 Å². The van der Waals surface area contributed by atoms with Gasteiger partial charge in [-0.3, -0.25) is 14.5 Å². The Labute approximate surface area is 173 Å². The number of nitrogens with zero attached hydrogens (tertiary/aromatic N) is 1. The van der Waals surface area contributed by atoms with Gasteiger partial charge in [-0.1, -0.05) is 17.7 Å². The number of anilines is 2. The smallest absolute Gasteiger partial charge is 0.261 e. The second kappa shape index (κ2) is 9.51. The van der Waals surface area contributed by atoms with Crippen LogP contribution >= 0.6 is 11.6 Å². The Kier molecular flexibility index (Phi) is 6.82. The zero-order chi connectivity index (χ0) is 20.7. The van der Waals surface area contributed by atoms with E-state index in [1.807, 2.05) is 0 Å². The van der Waals surface area contributed by atoms with E-state index in [0.717, 1.165) is 5.56 Å². The van der Waals surface area contributed by atoms with Crippen LogP contribution in [-0.4, -0.2) is 25.9 Å². The molecule has 0 spiro atoms. The van der Waals surface area contributed by atoms with Crippen LogP contribution in [0.15, 0.2) is 78.0 Å². The van der Waals surface area contributed by atoms with Crippen molar-refractivity contribution in [3.63, 3.8) is 0 Å². The van der Waals surface area contributed by atoms with Crippen molar-refractivity contribution in [3.8, 4) is 0 Å². The van der Waals surface area contributed by atoms with Crippen LogP contribution in [0.2, 0.25) is 5.02 Å². The minimum Gasteiger partial charge on any atom is -0.367 e. The molecule has 3 aromatic rings. The highest BCUT2D eigenvalue weighted by Crippen LogP contribution is 2.20. The summed E-state index contributed by atoms with van der Waals surface area (Å²) in [5.41, 5.74) is 1.63. The van der Waals surface area contributed by atoms with Crippen molar-refractivity contribution >= 4 is 38.9 Å². The molecule has 150 valence electrons. The normalized spacial score (nSPS) is 11.1. The molecule has 1 aromatic heterocycles. The van der Waals surface area contributed by atoms with Crippen molar-refractivity contribution in [2.45, 2.75) is 11.5 Å². The van der Waals surface area contributed by atoms with E-state index in [1.54, 1.807) is 60.9 Å². The Morgan fingerprint density at radius 1 is 1.00 bits per heavy atom. The fraction of sp³-hybridized carbons (Fsp3) is 0.100. The molecule has 0 radical (unpaired) electrons. The molecule has 1 amide bonds. The van der Waals surface area contributed by atoms with Crippen molar-refractivity contribution in [2.75, 3.05) is 16.6 Å². The SMILES string of the molecule is O=C(COCc1ccncc1)Nc1cccc(S(=O)(=O)Nc2ccc(Cl)cc2)c1. The maximum absolute atomic E-state index is 12.6. The first kappa shape index (κ1) is 20.8. The van der Waals surface area contributed by atoms with E-state index >= 15 is 0 Å². The number of pyridine rings is 1. The molecule has 2 aromatic carbocycles. The maximum Gasteiger partial charge on any atom is 0.261 e. The molecule has 1 heterocycles. The van der Waals surface area contributed by atoms with Gasteiger partial charge in [-0.15, -0.1) is 0 Å². The molecule has 0 fully saturated rings. The zero-order valence-corrected chi connectivity index (χ0v) is 16.8. The van der Waals surface area contributed by atoms with E-state index in [4.69, 9.17) is 16.3 Å². The predicted molar refractivity (Wildman–Crippen MR) is 111 cm³/mol. The zero-order valence-electron chi connectivity index (χ0n) is 15.2. The Balaban J connectivity index is 1.59. The maximum atomic E-state index is 12.6. The first-order valence-corrected chi connectivity index (χ1v) is 10.4. The van der Waals surface area contributed by atoms with Gasteiger partial charge in [-0.2, -0.15) is 0 Å². The van der Waals surface area contributed by atoms with Gasteiger partial charge >= 0.3 is 0 Å². The highest BCUT2D eigenvalue weighted by atomic mass is 35.5. The van der Waals surface area contributed by atoms with Crippen molar-refractivity contribution in [2.24, 2.45) is 0 Å². The third kappa shape index (κ3) is 6.28. The van der Waals surface area contributed by atoms with Crippen LogP contribution in [0, 0.1) is 0 Å². The molecule has 0 aliphatic rings. The molecule has 0 aliphatic heterocycles. The number of hydrogen-bond acceptors (Lipinski definition) is 5. The number of benzene rings is 2. The Bertz CT molecular complexity index is 1070. The van der Waals surface area contributed by atoms with Crippen LogP contribution in [0.1, 0.15) is 5.56 Å². The highest BCUT2D eigenvalue weighted by molar-refractivity contribution is 7.92. The fourth-order valence-electron chi connectivity index (χ4n) is 2.41. The van der Waals surface area contributed by atoms with Gasteiger partial charge in [-0.25, -0.2) is 8.42 Å². The van der Waals surface area contributed by atoms with Gasteiger partial charge in [0.1, 0.15) is 6.61 Å². The van der Waals surface area contributed by atoms with Gasteiger partial charge < -0.3 is 10.1 Å². The summed E-state index contributed by atoms with van der Waals surface area (Å²) in [7, 11) is -3.82. The number of rotatable bonds is 8. The molecule has 2 N–H and O–H groups in total. The van der Waals surface area contributed by atoms with Crippen LogP contribution in [-0.2, 0) is 26.2 Å². The van der Waals surface area contributed by atoms with E-state index in [-0.39, 0.29) is 24.0 Å². The van der Waals surface area contributed by atoms with Gasteiger partial charge in [0.25, 0.3) is 10.0 Å². The molecule has 0 saturated carbocycles. The average Bonchev–Trinajstić information content (AvgIpc) is 2.71. The first-order chi connectivity index (χ1) is 13.9. The quantitative estimate of drug-likeness (QED) is 0.566. The summed E-state index contributed by atoms with van der Waals surface area (Å²) in [5.74, 6) is -0.390. The fourth-order valence-corrected chi connectivity index (χ4v) is 3.64. The number of hydrogen-bond donors (Lipinski definition) is 2. The summed E-state index contributed by atoms with van der Waals surface area (Å²) in [6.45, 7) is 0.109. The molecule has 0 atom stereocenters. The third-order valence-electron chi connectivity index (χ3n) is 3.78. The molecule has 0 saturated heterocycles. The van der Waals surface area contributed by atoms with Crippen LogP contribution in [0.3, 0.4) is 0 Å². The van der Waals surface area contributed by atoms with Crippen molar-refractivity contribution < 1.29 is 17.9 Å². The van der Waals surface area contributed by atoms with Gasteiger partial charge in [-0.05, 0) is 60.2 Å². The third-order valence-corrected chi connectivity index (χ3v) is 5.41. The Morgan fingerprint density at radius 2 is 1.72 bits per heavy atom. The minimum atomic E-state index is -3.82. The van der Waals surface area contributed by atoms with Gasteiger partial charge in [0.05, 0.1) is 11.5 Å². The topological polar surface area (TPSA) is 97.4 Å². The molecule has 0 bridgehead atoms. The molecule has 3 rings (SSSR count). The minimum absolute atomic E-state index is 0.0166. The Morgan fingerprint density at radius 3 is 2.45 bits per heavy atom.